The molecule has 0 bridgehead atoms. The van der Waals surface area contributed by atoms with Gasteiger partial charge in [-0.1, -0.05) is 11.6 Å². The Labute approximate surface area is 223 Å². The van der Waals surface area contributed by atoms with Crippen molar-refractivity contribution in [3.05, 3.63) is 47.6 Å². The molecule has 3 N–H and O–H groups in total. The molecule has 3 amide bonds. The third kappa shape index (κ3) is 9.57. The molecule has 1 aliphatic heterocycles. The van der Waals surface area contributed by atoms with Crippen LogP contribution in [0, 0.1) is 0 Å². The molecule has 1 aromatic heterocycles. The number of likely N-dealkylation sites (tertiary alicyclic amines) is 1. The fraction of sp³-hybridized carbons (Fsp3) is 0.481. The lowest BCUT2D eigenvalue weighted by Crippen LogP contribution is -2.47. The molecule has 10 heteroatoms. The quantitative estimate of drug-likeness (QED) is 0.330. The third-order valence-electron chi connectivity index (χ3n) is 5.80. The second kappa shape index (κ2) is 13.3. The van der Waals surface area contributed by atoms with E-state index in [-0.39, 0.29) is 23.9 Å². The zero-order valence-corrected chi connectivity index (χ0v) is 22.4. The SMILES string of the molecule is CC(C)(C)OC(=O)N1CCC(NC(=O)/C=C/C(=O)NCCCCNc2ccnc3cc(Cl)ccc23)CC1. The number of carbonyl (C=O) groups excluding carboxylic acids is 3. The molecule has 0 radical (unpaired) electrons. The number of carbonyl (C=O) groups is 3. The summed E-state index contributed by atoms with van der Waals surface area (Å²) in [5.74, 6) is -0.624. The van der Waals surface area contributed by atoms with E-state index in [4.69, 9.17) is 16.3 Å². The Kier molecular flexibility index (Phi) is 10.1. The van der Waals surface area contributed by atoms with Crippen molar-refractivity contribution in [2.75, 3.05) is 31.5 Å². The first-order valence-corrected chi connectivity index (χ1v) is 13.0. The van der Waals surface area contributed by atoms with Crippen LogP contribution >= 0.6 is 11.6 Å². The summed E-state index contributed by atoms with van der Waals surface area (Å²) in [5.41, 5.74) is 1.30. The molecule has 37 heavy (non-hydrogen) atoms. The number of rotatable bonds is 9. The number of unbranched alkanes of at least 4 members (excludes halogenated alkanes) is 1. The van der Waals surface area contributed by atoms with Crippen molar-refractivity contribution < 1.29 is 19.1 Å². The lowest BCUT2D eigenvalue weighted by atomic mass is 10.1. The summed E-state index contributed by atoms with van der Waals surface area (Å²) in [6, 6.07) is 7.51. The van der Waals surface area contributed by atoms with Crippen LogP contribution in [0.5, 0.6) is 0 Å². The van der Waals surface area contributed by atoms with E-state index < -0.39 is 5.60 Å². The maximum Gasteiger partial charge on any atom is 0.410 e. The van der Waals surface area contributed by atoms with Crippen molar-refractivity contribution in [2.45, 2.75) is 58.1 Å². The second-order valence-corrected chi connectivity index (χ2v) is 10.5. The van der Waals surface area contributed by atoms with Crippen LogP contribution in [0.25, 0.3) is 10.9 Å². The number of amides is 3. The molecule has 0 atom stereocenters. The van der Waals surface area contributed by atoms with E-state index in [0.717, 1.165) is 36.0 Å². The van der Waals surface area contributed by atoms with Gasteiger partial charge < -0.3 is 25.6 Å². The Morgan fingerprint density at radius 3 is 2.51 bits per heavy atom. The van der Waals surface area contributed by atoms with Crippen molar-refractivity contribution in [1.29, 1.82) is 0 Å². The molecule has 2 aromatic rings. The van der Waals surface area contributed by atoms with Crippen LogP contribution in [0.2, 0.25) is 5.02 Å². The lowest BCUT2D eigenvalue weighted by molar-refractivity contribution is -0.119. The molecule has 9 nitrogen and oxygen atoms in total. The number of pyridine rings is 1. The number of ether oxygens (including phenoxy) is 1. The first-order valence-electron chi connectivity index (χ1n) is 12.6. The maximum absolute atomic E-state index is 12.2. The van der Waals surface area contributed by atoms with Gasteiger partial charge in [0.15, 0.2) is 0 Å². The Morgan fingerprint density at radius 2 is 1.78 bits per heavy atom. The van der Waals surface area contributed by atoms with E-state index in [1.54, 1.807) is 11.1 Å². The van der Waals surface area contributed by atoms with Crippen LogP contribution in [-0.4, -0.2) is 65.6 Å². The van der Waals surface area contributed by atoms with E-state index in [1.165, 1.54) is 12.2 Å². The highest BCUT2D eigenvalue weighted by molar-refractivity contribution is 6.31. The van der Waals surface area contributed by atoms with E-state index in [2.05, 4.69) is 20.9 Å². The number of fused-ring (bicyclic) bond motifs is 1. The largest absolute Gasteiger partial charge is 0.444 e. The van der Waals surface area contributed by atoms with Crippen LogP contribution in [-0.2, 0) is 14.3 Å². The molecule has 2 heterocycles. The van der Waals surface area contributed by atoms with Crippen LogP contribution < -0.4 is 16.0 Å². The number of halogens is 1. The highest BCUT2D eigenvalue weighted by Gasteiger charge is 2.27. The molecule has 0 saturated carbocycles. The fourth-order valence-electron chi connectivity index (χ4n) is 3.95. The monoisotopic (exact) mass is 529 g/mol. The first kappa shape index (κ1) is 28.2. The standard InChI is InChI=1S/C27H36ClN5O4/c1-27(2,3)37-26(36)33-16-11-20(12-17-33)32-25(35)9-8-24(34)31-14-5-4-13-29-22-10-15-30-23-18-19(28)6-7-21(22)23/h6-10,15,18,20H,4-5,11-14,16-17H2,1-3H3,(H,29,30)(H,31,34)(H,32,35)/b9-8+. The van der Waals surface area contributed by atoms with Crippen LogP contribution in [0.3, 0.4) is 0 Å². The normalized spacial score (nSPS) is 14.5. The van der Waals surface area contributed by atoms with E-state index >= 15 is 0 Å². The van der Waals surface area contributed by atoms with Gasteiger partial charge in [0, 0.05) is 66.7 Å². The predicted molar refractivity (Wildman–Crippen MR) is 146 cm³/mol. The van der Waals surface area contributed by atoms with Gasteiger partial charge in [0.25, 0.3) is 0 Å². The zero-order valence-electron chi connectivity index (χ0n) is 21.7. The van der Waals surface area contributed by atoms with Crippen molar-refractivity contribution in [1.82, 2.24) is 20.5 Å². The van der Waals surface area contributed by atoms with Gasteiger partial charge in [-0.2, -0.15) is 0 Å². The topological polar surface area (TPSA) is 113 Å². The van der Waals surface area contributed by atoms with Crippen molar-refractivity contribution in [2.24, 2.45) is 0 Å². The highest BCUT2D eigenvalue weighted by Crippen LogP contribution is 2.24. The molecule has 0 spiro atoms. The highest BCUT2D eigenvalue weighted by atomic mass is 35.5. The number of hydrogen-bond donors (Lipinski definition) is 3. The molecule has 1 aromatic carbocycles. The summed E-state index contributed by atoms with van der Waals surface area (Å²) in [7, 11) is 0. The average molecular weight is 530 g/mol. The number of aromatic nitrogens is 1. The Morgan fingerprint density at radius 1 is 1.08 bits per heavy atom. The smallest absolute Gasteiger partial charge is 0.410 e. The second-order valence-electron chi connectivity index (χ2n) is 10.0. The number of hydrogen-bond acceptors (Lipinski definition) is 6. The number of benzene rings is 1. The van der Waals surface area contributed by atoms with Gasteiger partial charge in [-0.15, -0.1) is 0 Å². The third-order valence-corrected chi connectivity index (χ3v) is 6.04. The molecule has 200 valence electrons. The van der Waals surface area contributed by atoms with Crippen LogP contribution in [0.15, 0.2) is 42.6 Å². The number of nitrogens with zero attached hydrogens (tertiary/aromatic N) is 2. The number of nitrogens with one attached hydrogen (secondary N) is 3. The summed E-state index contributed by atoms with van der Waals surface area (Å²) >= 11 is 6.03. The summed E-state index contributed by atoms with van der Waals surface area (Å²) < 4.78 is 5.39. The summed E-state index contributed by atoms with van der Waals surface area (Å²) in [6.45, 7) is 7.81. The Hall–Kier alpha value is -3.33. The molecule has 0 aliphatic carbocycles. The van der Waals surface area contributed by atoms with Crippen LogP contribution in [0.4, 0.5) is 10.5 Å². The molecular weight excluding hydrogens is 494 g/mol. The van der Waals surface area contributed by atoms with Gasteiger partial charge in [-0.25, -0.2) is 4.79 Å². The van der Waals surface area contributed by atoms with Gasteiger partial charge in [0.05, 0.1) is 5.52 Å². The number of piperidine rings is 1. The molecule has 1 aliphatic rings. The predicted octanol–water partition coefficient (Wildman–Crippen LogP) is 4.27. The minimum Gasteiger partial charge on any atom is -0.444 e. The summed E-state index contributed by atoms with van der Waals surface area (Å²) in [5, 5.41) is 10.8. The summed E-state index contributed by atoms with van der Waals surface area (Å²) in [4.78, 5) is 42.3. The Bertz CT molecular complexity index is 1120. The number of anilines is 1. The molecule has 0 unspecified atom stereocenters. The maximum atomic E-state index is 12.2. The minimum absolute atomic E-state index is 0.0408. The molecule has 1 saturated heterocycles. The van der Waals surface area contributed by atoms with E-state index in [9.17, 15) is 14.4 Å². The Balaban J connectivity index is 1.28. The van der Waals surface area contributed by atoms with Crippen molar-refractivity contribution in [3.63, 3.8) is 0 Å². The molecule has 3 rings (SSSR count). The van der Waals surface area contributed by atoms with Gasteiger partial charge in [0.1, 0.15) is 5.60 Å². The molecular formula is C27H36ClN5O4. The average Bonchev–Trinajstić information content (AvgIpc) is 2.84. The van der Waals surface area contributed by atoms with Gasteiger partial charge >= 0.3 is 6.09 Å². The van der Waals surface area contributed by atoms with Gasteiger partial charge in [-0.3, -0.25) is 14.6 Å². The van der Waals surface area contributed by atoms with Crippen molar-refractivity contribution >= 4 is 46.1 Å². The van der Waals surface area contributed by atoms with Gasteiger partial charge in [-0.05, 0) is 70.7 Å². The van der Waals surface area contributed by atoms with Crippen LogP contribution in [0.1, 0.15) is 46.5 Å². The van der Waals surface area contributed by atoms with E-state index in [0.29, 0.717) is 37.5 Å². The zero-order chi connectivity index (χ0) is 26.8. The molecule has 1 fully saturated rings. The first-order chi connectivity index (χ1) is 17.6. The summed E-state index contributed by atoms with van der Waals surface area (Å²) in [6.07, 6.45) is 6.85. The minimum atomic E-state index is -0.532. The fourth-order valence-corrected chi connectivity index (χ4v) is 4.12. The van der Waals surface area contributed by atoms with Crippen molar-refractivity contribution in [3.8, 4) is 0 Å². The van der Waals surface area contributed by atoms with Gasteiger partial charge in [0.2, 0.25) is 11.8 Å². The van der Waals surface area contributed by atoms with E-state index in [1.807, 2.05) is 45.0 Å². The lowest BCUT2D eigenvalue weighted by Gasteiger charge is -2.33.